The third kappa shape index (κ3) is 5.38. The lowest BCUT2D eigenvalue weighted by molar-refractivity contribution is -0.112. The number of nitrogens with zero attached hydrogens (tertiary/aromatic N) is 3. The minimum atomic E-state index is -0.563. The van der Waals surface area contributed by atoms with Crippen LogP contribution in [0.4, 0.5) is 5.69 Å². The molecule has 0 atom stereocenters. The second-order valence-corrected chi connectivity index (χ2v) is 6.90. The van der Waals surface area contributed by atoms with Crippen LogP contribution in [0.25, 0.3) is 6.08 Å². The van der Waals surface area contributed by atoms with E-state index in [0.717, 1.165) is 5.82 Å². The van der Waals surface area contributed by atoms with Gasteiger partial charge in [-0.25, -0.2) is 4.98 Å². The number of nitrogens with one attached hydrogen (secondary N) is 1. The van der Waals surface area contributed by atoms with Gasteiger partial charge in [-0.15, -0.1) is 0 Å². The van der Waals surface area contributed by atoms with Crippen molar-refractivity contribution in [3.8, 4) is 11.8 Å². The monoisotopic (exact) mass is 426 g/mol. The van der Waals surface area contributed by atoms with Crippen LogP contribution in [0.5, 0.6) is 5.75 Å². The molecule has 8 heteroatoms. The van der Waals surface area contributed by atoms with Gasteiger partial charge in [0, 0.05) is 24.5 Å². The van der Waals surface area contributed by atoms with Crippen LogP contribution in [-0.4, -0.2) is 15.5 Å². The Kier molecular flexibility index (Phi) is 6.55. The van der Waals surface area contributed by atoms with Crippen molar-refractivity contribution in [3.05, 3.63) is 81.9 Å². The Labute approximate surface area is 178 Å². The van der Waals surface area contributed by atoms with E-state index in [1.165, 1.54) is 12.1 Å². The van der Waals surface area contributed by atoms with Crippen LogP contribution < -0.4 is 10.1 Å². The summed E-state index contributed by atoms with van der Waals surface area (Å²) in [5, 5.41) is 12.7. The van der Waals surface area contributed by atoms with E-state index in [1.54, 1.807) is 42.6 Å². The molecule has 1 heterocycles. The van der Waals surface area contributed by atoms with Gasteiger partial charge >= 0.3 is 0 Å². The molecule has 0 bridgehead atoms. The molecule has 1 N–H and O–H groups in total. The average molecular weight is 427 g/mol. The number of anilines is 1. The topological polar surface area (TPSA) is 79.9 Å². The summed E-state index contributed by atoms with van der Waals surface area (Å²) in [7, 11) is 1.89. The molecule has 0 radical (unpaired) electrons. The number of amides is 1. The molecule has 146 valence electrons. The highest BCUT2D eigenvalue weighted by atomic mass is 35.5. The second kappa shape index (κ2) is 9.28. The van der Waals surface area contributed by atoms with Crippen LogP contribution in [0.3, 0.4) is 0 Å². The quantitative estimate of drug-likeness (QED) is 0.451. The first-order chi connectivity index (χ1) is 14.0. The normalized spacial score (nSPS) is 11.0. The van der Waals surface area contributed by atoms with Crippen molar-refractivity contribution in [1.29, 1.82) is 5.26 Å². The summed E-state index contributed by atoms with van der Waals surface area (Å²) in [6.45, 7) is 0.340. The molecule has 0 unspecified atom stereocenters. The number of aromatic nitrogens is 2. The third-order valence-corrected chi connectivity index (χ3v) is 4.57. The molecule has 0 aliphatic heterocycles. The SMILES string of the molecule is Cn1ccnc1COc1ccc(/C=C(/C#N)C(=O)Nc2ccc(Cl)cc2Cl)cc1. The maximum absolute atomic E-state index is 12.4. The van der Waals surface area contributed by atoms with Gasteiger partial charge in [0.15, 0.2) is 0 Å². The van der Waals surface area contributed by atoms with E-state index in [9.17, 15) is 10.1 Å². The number of rotatable bonds is 6. The van der Waals surface area contributed by atoms with Gasteiger partial charge in [0.25, 0.3) is 5.91 Å². The summed E-state index contributed by atoms with van der Waals surface area (Å²) >= 11 is 11.9. The van der Waals surface area contributed by atoms with E-state index >= 15 is 0 Å². The van der Waals surface area contributed by atoms with Crippen molar-refractivity contribution in [2.45, 2.75) is 6.61 Å². The lowest BCUT2D eigenvalue weighted by Crippen LogP contribution is -2.13. The molecule has 0 saturated carbocycles. The number of benzene rings is 2. The van der Waals surface area contributed by atoms with Gasteiger partial charge in [-0.1, -0.05) is 35.3 Å². The summed E-state index contributed by atoms with van der Waals surface area (Å²) < 4.78 is 7.57. The van der Waals surface area contributed by atoms with Gasteiger partial charge in [-0.2, -0.15) is 5.26 Å². The Hall–Kier alpha value is -3.27. The number of ether oxygens (including phenoxy) is 1. The standard InChI is InChI=1S/C21H16Cl2N4O2/c1-27-9-8-25-20(27)13-29-17-5-2-14(3-6-17)10-15(12-24)21(28)26-19-7-4-16(22)11-18(19)23/h2-11H,13H2,1H3,(H,26,28)/b15-10-. The third-order valence-electron chi connectivity index (χ3n) is 4.02. The van der Waals surface area contributed by atoms with Crippen LogP contribution in [0.2, 0.25) is 10.0 Å². The first kappa shape index (κ1) is 20.5. The number of carbonyl (C=O) groups is 1. The fourth-order valence-corrected chi connectivity index (χ4v) is 2.90. The van der Waals surface area contributed by atoms with E-state index in [0.29, 0.717) is 28.6 Å². The van der Waals surface area contributed by atoms with Crippen molar-refractivity contribution in [2.24, 2.45) is 7.05 Å². The molecule has 6 nitrogen and oxygen atoms in total. The summed E-state index contributed by atoms with van der Waals surface area (Å²) in [5.41, 5.74) is 1.00. The molecule has 0 aliphatic rings. The van der Waals surface area contributed by atoms with Crippen molar-refractivity contribution in [2.75, 3.05) is 5.32 Å². The summed E-state index contributed by atoms with van der Waals surface area (Å²) in [5.74, 6) is 0.895. The number of hydrogen-bond acceptors (Lipinski definition) is 4. The van der Waals surface area contributed by atoms with Crippen molar-refractivity contribution in [1.82, 2.24) is 9.55 Å². The largest absolute Gasteiger partial charge is 0.486 e. The van der Waals surface area contributed by atoms with Crippen LogP contribution >= 0.6 is 23.2 Å². The number of hydrogen-bond donors (Lipinski definition) is 1. The molecule has 3 aromatic rings. The van der Waals surface area contributed by atoms with Gasteiger partial charge in [0.2, 0.25) is 0 Å². The van der Waals surface area contributed by atoms with Crippen LogP contribution in [0.1, 0.15) is 11.4 Å². The lowest BCUT2D eigenvalue weighted by atomic mass is 10.1. The zero-order valence-corrected chi connectivity index (χ0v) is 16.9. The second-order valence-electron chi connectivity index (χ2n) is 6.06. The van der Waals surface area contributed by atoms with Crippen LogP contribution in [0.15, 0.2) is 60.4 Å². The Morgan fingerprint density at radius 3 is 2.66 bits per heavy atom. The van der Waals surface area contributed by atoms with Gasteiger partial charge in [0.05, 0.1) is 10.7 Å². The minimum absolute atomic E-state index is 0.0577. The Bertz CT molecular complexity index is 1100. The van der Waals surface area contributed by atoms with Gasteiger partial charge < -0.3 is 14.6 Å². The van der Waals surface area contributed by atoms with E-state index < -0.39 is 5.91 Å². The fraction of sp³-hybridized carbons (Fsp3) is 0.0952. The Morgan fingerprint density at radius 2 is 2.03 bits per heavy atom. The number of imidazole rings is 1. The number of carbonyl (C=O) groups excluding carboxylic acids is 1. The highest BCUT2D eigenvalue weighted by Gasteiger charge is 2.12. The maximum atomic E-state index is 12.4. The lowest BCUT2D eigenvalue weighted by Gasteiger charge is -2.08. The van der Waals surface area contributed by atoms with Crippen LogP contribution in [0, 0.1) is 11.3 Å². The molecule has 1 aromatic heterocycles. The summed E-state index contributed by atoms with van der Waals surface area (Å²) in [6.07, 6.45) is 5.04. The predicted molar refractivity (Wildman–Crippen MR) is 113 cm³/mol. The summed E-state index contributed by atoms with van der Waals surface area (Å²) in [4.78, 5) is 16.6. The van der Waals surface area contributed by atoms with E-state index in [1.807, 2.05) is 23.9 Å². The molecular formula is C21H16Cl2N4O2. The first-order valence-corrected chi connectivity index (χ1v) is 9.29. The molecular weight excluding hydrogens is 411 g/mol. The predicted octanol–water partition coefficient (Wildman–Crippen LogP) is 4.85. The number of aryl methyl sites for hydroxylation is 1. The fourth-order valence-electron chi connectivity index (χ4n) is 2.44. The molecule has 29 heavy (non-hydrogen) atoms. The molecule has 1 amide bonds. The van der Waals surface area contributed by atoms with E-state index in [-0.39, 0.29) is 10.6 Å². The maximum Gasteiger partial charge on any atom is 0.266 e. The van der Waals surface area contributed by atoms with Gasteiger partial charge in [-0.3, -0.25) is 4.79 Å². The highest BCUT2D eigenvalue weighted by molar-refractivity contribution is 6.36. The Balaban J connectivity index is 1.67. The summed E-state index contributed by atoms with van der Waals surface area (Å²) in [6, 6.07) is 13.6. The van der Waals surface area contributed by atoms with Gasteiger partial charge in [0.1, 0.15) is 29.8 Å². The van der Waals surface area contributed by atoms with E-state index in [4.69, 9.17) is 27.9 Å². The van der Waals surface area contributed by atoms with Crippen LogP contribution in [-0.2, 0) is 18.4 Å². The van der Waals surface area contributed by atoms with Crippen molar-refractivity contribution < 1.29 is 9.53 Å². The number of nitriles is 1. The highest BCUT2D eigenvalue weighted by Crippen LogP contribution is 2.26. The van der Waals surface area contributed by atoms with E-state index in [2.05, 4.69) is 10.3 Å². The zero-order chi connectivity index (χ0) is 20.8. The molecule has 0 fully saturated rings. The minimum Gasteiger partial charge on any atom is -0.486 e. The first-order valence-electron chi connectivity index (χ1n) is 8.53. The molecule has 0 spiro atoms. The average Bonchev–Trinajstić information content (AvgIpc) is 3.12. The Morgan fingerprint density at radius 1 is 1.28 bits per heavy atom. The zero-order valence-electron chi connectivity index (χ0n) is 15.4. The molecule has 3 rings (SSSR count). The molecule has 2 aromatic carbocycles. The van der Waals surface area contributed by atoms with Crippen molar-refractivity contribution in [3.63, 3.8) is 0 Å². The molecule has 0 saturated heterocycles. The molecule has 0 aliphatic carbocycles. The number of halogens is 2. The van der Waals surface area contributed by atoms with Gasteiger partial charge in [-0.05, 0) is 42.0 Å². The smallest absolute Gasteiger partial charge is 0.266 e. The van der Waals surface area contributed by atoms with Crippen molar-refractivity contribution >= 4 is 40.9 Å².